The van der Waals surface area contributed by atoms with Crippen molar-refractivity contribution in [3.8, 4) is 11.1 Å². The normalized spacial score (nSPS) is 13.8. The van der Waals surface area contributed by atoms with Crippen LogP contribution in [0.25, 0.3) is 11.1 Å². The van der Waals surface area contributed by atoms with Crippen molar-refractivity contribution in [2.45, 2.75) is 58.0 Å². The fourth-order valence-electron chi connectivity index (χ4n) is 4.37. The number of β-amino-alcohol motifs (C(OH)–C–C–N with tert-alkyl or cyclic N) is 1. The van der Waals surface area contributed by atoms with Gasteiger partial charge in [0.25, 0.3) is 0 Å². The standard InChI is InChI=1S/C30H34F3NO4/c1-19-15-22(11-14-25(19)28(36)37)27-8-6-5-7-26(27)20(2)38-18-24(35)17-34-29(3,4)16-21-9-12-23(13-10-21)30(31,32)33/h5-15,20,24,34-35H,16-18H2,1-4H3,(H,36,37)/t20-,24-/m1/s1. The number of carbonyl (C=O) groups is 1. The molecule has 0 spiro atoms. The van der Waals surface area contributed by atoms with E-state index in [4.69, 9.17) is 4.74 Å². The highest BCUT2D eigenvalue weighted by Crippen LogP contribution is 2.32. The minimum Gasteiger partial charge on any atom is -0.478 e. The second kappa shape index (κ2) is 12.1. The van der Waals surface area contributed by atoms with Crippen molar-refractivity contribution >= 4 is 5.97 Å². The Morgan fingerprint density at radius 2 is 1.68 bits per heavy atom. The summed E-state index contributed by atoms with van der Waals surface area (Å²) in [7, 11) is 0. The van der Waals surface area contributed by atoms with E-state index in [1.807, 2.05) is 51.1 Å². The summed E-state index contributed by atoms with van der Waals surface area (Å²) >= 11 is 0. The molecule has 0 aromatic heterocycles. The van der Waals surface area contributed by atoms with Crippen LogP contribution in [-0.2, 0) is 17.3 Å². The zero-order valence-electron chi connectivity index (χ0n) is 22.0. The Kier molecular flexibility index (Phi) is 9.35. The Bertz CT molecular complexity index is 1240. The van der Waals surface area contributed by atoms with Crippen LogP contribution in [-0.4, -0.2) is 41.0 Å². The number of ether oxygens (including phenoxy) is 1. The van der Waals surface area contributed by atoms with Crippen LogP contribution < -0.4 is 5.32 Å². The van der Waals surface area contributed by atoms with Gasteiger partial charge in [-0.25, -0.2) is 4.79 Å². The number of aliphatic hydroxyl groups is 1. The van der Waals surface area contributed by atoms with Crippen molar-refractivity contribution in [1.82, 2.24) is 5.32 Å². The minimum atomic E-state index is -4.36. The van der Waals surface area contributed by atoms with E-state index in [2.05, 4.69) is 5.32 Å². The minimum absolute atomic E-state index is 0.0792. The number of carboxylic acid groups (broad SMARTS) is 1. The number of hydrogen-bond donors (Lipinski definition) is 3. The summed E-state index contributed by atoms with van der Waals surface area (Å²) < 4.78 is 44.4. The molecule has 0 radical (unpaired) electrons. The number of nitrogens with one attached hydrogen (secondary N) is 1. The molecule has 3 N–H and O–H groups in total. The van der Waals surface area contributed by atoms with Gasteiger partial charge in [-0.15, -0.1) is 0 Å². The predicted molar refractivity (Wildman–Crippen MR) is 141 cm³/mol. The number of rotatable bonds is 11. The fourth-order valence-corrected chi connectivity index (χ4v) is 4.37. The summed E-state index contributed by atoms with van der Waals surface area (Å²) in [5.74, 6) is -0.968. The van der Waals surface area contributed by atoms with Crippen molar-refractivity contribution in [2.75, 3.05) is 13.2 Å². The third-order valence-corrected chi connectivity index (χ3v) is 6.45. The smallest absolute Gasteiger partial charge is 0.416 e. The van der Waals surface area contributed by atoms with Gasteiger partial charge < -0.3 is 20.3 Å². The zero-order valence-corrected chi connectivity index (χ0v) is 22.0. The molecule has 0 fully saturated rings. The first-order valence-corrected chi connectivity index (χ1v) is 12.4. The Morgan fingerprint density at radius 1 is 1.03 bits per heavy atom. The van der Waals surface area contributed by atoms with E-state index in [-0.39, 0.29) is 24.8 Å². The van der Waals surface area contributed by atoms with E-state index >= 15 is 0 Å². The molecule has 0 amide bonds. The molecular formula is C30H34F3NO4. The molecule has 0 aliphatic heterocycles. The second-order valence-electron chi connectivity index (χ2n) is 10.2. The van der Waals surface area contributed by atoms with E-state index in [0.29, 0.717) is 12.0 Å². The lowest BCUT2D eigenvalue weighted by Crippen LogP contribution is -2.46. The number of aryl methyl sites for hydroxylation is 1. The maximum atomic E-state index is 12.8. The van der Waals surface area contributed by atoms with Crippen LogP contribution in [0, 0.1) is 6.92 Å². The van der Waals surface area contributed by atoms with Gasteiger partial charge in [-0.1, -0.05) is 48.5 Å². The highest BCUT2D eigenvalue weighted by atomic mass is 19.4. The zero-order chi connectivity index (χ0) is 28.1. The molecule has 0 saturated heterocycles. The van der Waals surface area contributed by atoms with Gasteiger partial charge >= 0.3 is 12.1 Å². The number of aromatic carboxylic acids is 1. The van der Waals surface area contributed by atoms with Gasteiger partial charge in [0.15, 0.2) is 0 Å². The molecule has 0 aliphatic carbocycles. The van der Waals surface area contributed by atoms with Gasteiger partial charge in [0.2, 0.25) is 0 Å². The summed E-state index contributed by atoms with van der Waals surface area (Å²) in [5, 5.41) is 23.1. The van der Waals surface area contributed by atoms with Crippen molar-refractivity contribution in [3.05, 3.63) is 94.5 Å². The molecule has 0 unspecified atom stereocenters. The summed E-state index contributed by atoms with van der Waals surface area (Å²) in [6, 6.07) is 18.0. The molecule has 3 aromatic carbocycles. The lowest BCUT2D eigenvalue weighted by Gasteiger charge is -2.28. The Morgan fingerprint density at radius 3 is 2.29 bits per heavy atom. The molecule has 3 rings (SSSR count). The lowest BCUT2D eigenvalue weighted by atomic mass is 9.94. The SMILES string of the molecule is Cc1cc(-c2ccccc2[C@@H](C)OC[C@H](O)CNC(C)(C)Cc2ccc(C(F)(F)F)cc2)ccc1C(=O)O. The Hall–Kier alpha value is -3.20. The summed E-state index contributed by atoms with van der Waals surface area (Å²) in [4.78, 5) is 11.4. The molecule has 8 heteroatoms. The monoisotopic (exact) mass is 529 g/mol. The van der Waals surface area contributed by atoms with Crippen molar-refractivity contribution in [3.63, 3.8) is 0 Å². The molecule has 0 heterocycles. The molecule has 38 heavy (non-hydrogen) atoms. The molecule has 204 valence electrons. The van der Waals surface area contributed by atoms with E-state index < -0.39 is 29.4 Å². The highest BCUT2D eigenvalue weighted by Gasteiger charge is 2.30. The van der Waals surface area contributed by atoms with Crippen molar-refractivity contribution in [1.29, 1.82) is 0 Å². The van der Waals surface area contributed by atoms with Crippen molar-refractivity contribution in [2.24, 2.45) is 0 Å². The maximum absolute atomic E-state index is 12.8. The maximum Gasteiger partial charge on any atom is 0.416 e. The van der Waals surface area contributed by atoms with Crippen LogP contribution in [0.2, 0.25) is 0 Å². The molecule has 0 saturated carbocycles. The Labute approximate surface area is 221 Å². The molecule has 0 bridgehead atoms. The highest BCUT2D eigenvalue weighted by molar-refractivity contribution is 5.90. The largest absolute Gasteiger partial charge is 0.478 e. The van der Waals surface area contributed by atoms with Crippen LogP contribution >= 0.6 is 0 Å². The third kappa shape index (κ3) is 7.90. The Balaban J connectivity index is 1.57. The second-order valence-corrected chi connectivity index (χ2v) is 10.2. The first kappa shape index (κ1) is 29.4. The van der Waals surface area contributed by atoms with Gasteiger partial charge in [0, 0.05) is 12.1 Å². The molecule has 3 aromatic rings. The average Bonchev–Trinajstić information content (AvgIpc) is 2.85. The molecular weight excluding hydrogens is 495 g/mol. The number of alkyl halides is 3. The number of carboxylic acids is 1. The van der Waals surface area contributed by atoms with Crippen LogP contribution in [0.4, 0.5) is 13.2 Å². The van der Waals surface area contributed by atoms with Gasteiger partial charge in [-0.2, -0.15) is 13.2 Å². The van der Waals surface area contributed by atoms with E-state index in [9.17, 15) is 28.2 Å². The number of aliphatic hydroxyl groups excluding tert-OH is 1. The van der Waals surface area contributed by atoms with Crippen LogP contribution in [0.15, 0.2) is 66.7 Å². The summed E-state index contributed by atoms with van der Waals surface area (Å²) in [6.45, 7) is 7.83. The van der Waals surface area contributed by atoms with E-state index in [0.717, 1.165) is 34.4 Å². The van der Waals surface area contributed by atoms with Crippen molar-refractivity contribution < 1.29 is 32.9 Å². The number of halogens is 3. The first-order valence-electron chi connectivity index (χ1n) is 12.4. The number of hydrogen-bond acceptors (Lipinski definition) is 4. The fraction of sp³-hybridized carbons (Fsp3) is 0.367. The van der Waals surface area contributed by atoms with Gasteiger partial charge in [-0.05, 0) is 80.1 Å². The van der Waals surface area contributed by atoms with E-state index in [1.54, 1.807) is 19.1 Å². The van der Waals surface area contributed by atoms with Crippen LogP contribution in [0.5, 0.6) is 0 Å². The predicted octanol–water partition coefficient (Wildman–Crippen LogP) is 6.43. The first-order chi connectivity index (χ1) is 17.8. The summed E-state index contributed by atoms with van der Waals surface area (Å²) in [6.07, 6.45) is -5.00. The molecule has 5 nitrogen and oxygen atoms in total. The number of benzene rings is 3. The molecule has 0 aliphatic rings. The van der Waals surface area contributed by atoms with Crippen LogP contribution in [0.1, 0.15) is 59.5 Å². The van der Waals surface area contributed by atoms with Crippen LogP contribution in [0.3, 0.4) is 0 Å². The van der Waals surface area contributed by atoms with E-state index in [1.165, 1.54) is 12.1 Å². The van der Waals surface area contributed by atoms with Gasteiger partial charge in [-0.3, -0.25) is 0 Å². The lowest BCUT2D eigenvalue weighted by molar-refractivity contribution is -0.137. The third-order valence-electron chi connectivity index (χ3n) is 6.45. The van der Waals surface area contributed by atoms with Gasteiger partial charge in [0.1, 0.15) is 0 Å². The average molecular weight is 530 g/mol. The van der Waals surface area contributed by atoms with Gasteiger partial charge in [0.05, 0.1) is 29.9 Å². The quantitative estimate of drug-likeness (QED) is 0.267. The summed E-state index contributed by atoms with van der Waals surface area (Å²) in [5.41, 5.74) is 3.26. The molecule has 2 atom stereocenters. The topological polar surface area (TPSA) is 78.8 Å².